The SMILES string of the molecule is COc1ccc(S(=O)(=O)N2CCC[C@H](C(=O)N[C@@H]3CCCc4ccccc43)C2)cc1. The Balaban J connectivity index is 1.45. The summed E-state index contributed by atoms with van der Waals surface area (Å²) in [7, 11) is -2.09. The average molecular weight is 429 g/mol. The Morgan fingerprint density at radius 2 is 1.83 bits per heavy atom. The average Bonchev–Trinajstić information content (AvgIpc) is 2.79. The summed E-state index contributed by atoms with van der Waals surface area (Å²) < 4.78 is 32.7. The quantitative estimate of drug-likeness (QED) is 0.793. The van der Waals surface area contributed by atoms with E-state index in [-0.39, 0.29) is 29.3 Å². The number of nitrogens with zero attached hydrogens (tertiary/aromatic N) is 1. The number of methoxy groups -OCH3 is 1. The highest BCUT2D eigenvalue weighted by atomic mass is 32.2. The molecular weight excluding hydrogens is 400 g/mol. The minimum absolute atomic E-state index is 0.0102. The summed E-state index contributed by atoms with van der Waals surface area (Å²) >= 11 is 0. The van der Waals surface area contributed by atoms with Crippen LogP contribution in [-0.2, 0) is 21.2 Å². The Labute approximate surface area is 178 Å². The summed E-state index contributed by atoms with van der Waals surface area (Å²) in [5.74, 6) is 0.227. The summed E-state index contributed by atoms with van der Waals surface area (Å²) in [5.41, 5.74) is 2.48. The van der Waals surface area contributed by atoms with Crippen LogP contribution in [0.15, 0.2) is 53.4 Å². The number of amides is 1. The van der Waals surface area contributed by atoms with Crippen molar-refractivity contribution in [2.45, 2.75) is 43.0 Å². The zero-order valence-electron chi connectivity index (χ0n) is 17.2. The molecule has 0 unspecified atom stereocenters. The second-order valence-electron chi connectivity index (χ2n) is 8.03. The van der Waals surface area contributed by atoms with E-state index in [2.05, 4.69) is 17.4 Å². The fourth-order valence-corrected chi connectivity index (χ4v) is 5.99. The fraction of sp³-hybridized carbons (Fsp3) is 0.435. The van der Waals surface area contributed by atoms with Crippen molar-refractivity contribution in [3.63, 3.8) is 0 Å². The predicted octanol–water partition coefficient (Wildman–Crippen LogP) is 3.29. The molecule has 1 N–H and O–H groups in total. The van der Waals surface area contributed by atoms with E-state index >= 15 is 0 Å². The zero-order valence-corrected chi connectivity index (χ0v) is 18.0. The number of hydrogen-bond donors (Lipinski definition) is 1. The van der Waals surface area contributed by atoms with E-state index in [0.717, 1.165) is 19.3 Å². The van der Waals surface area contributed by atoms with E-state index < -0.39 is 10.0 Å². The van der Waals surface area contributed by atoms with Gasteiger partial charge in [-0.1, -0.05) is 24.3 Å². The molecule has 2 atom stereocenters. The lowest BCUT2D eigenvalue weighted by molar-refractivity contribution is -0.127. The number of hydrogen-bond acceptors (Lipinski definition) is 4. The number of carbonyl (C=O) groups excluding carboxylic acids is 1. The third-order valence-corrected chi connectivity index (χ3v) is 8.02. The van der Waals surface area contributed by atoms with Gasteiger partial charge in [-0.2, -0.15) is 4.31 Å². The highest BCUT2D eigenvalue weighted by molar-refractivity contribution is 7.89. The van der Waals surface area contributed by atoms with Crippen LogP contribution in [0.3, 0.4) is 0 Å². The minimum Gasteiger partial charge on any atom is -0.497 e. The molecule has 1 saturated heterocycles. The molecule has 1 amide bonds. The molecule has 6 nitrogen and oxygen atoms in total. The maximum absolute atomic E-state index is 13.1. The number of sulfonamides is 1. The summed E-state index contributed by atoms with van der Waals surface area (Å²) in [6.45, 7) is 0.652. The monoisotopic (exact) mass is 428 g/mol. The number of fused-ring (bicyclic) bond motifs is 1. The topological polar surface area (TPSA) is 75.7 Å². The maximum atomic E-state index is 13.1. The standard InChI is InChI=1S/C23H28N2O4S/c1-29-19-11-13-20(14-12-19)30(27,28)25-15-5-8-18(16-25)23(26)24-22-10-4-7-17-6-2-3-9-21(17)22/h2-3,6,9,11-14,18,22H,4-5,7-8,10,15-16H2,1H3,(H,24,26)/t18-,22+/m0/s1. The fourth-order valence-electron chi connectivity index (χ4n) is 4.46. The number of rotatable bonds is 5. The number of aryl methyl sites for hydroxylation is 1. The summed E-state index contributed by atoms with van der Waals surface area (Å²) in [4.78, 5) is 13.2. The van der Waals surface area contributed by atoms with Crippen LogP contribution in [0.1, 0.15) is 42.9 Å². The second kappa shape index (κ2) is 8.78. The zero-order chi connectivity index (χ0) is 21.1. The second-order valence-corrected chi connectivity index (χ2v) is 9.97. The van der Waals surface area contributed by atoms with Gasteiger partial charge in [0, 0.05) is 13.1 Å². The van der Waals surface area contributed by atoms with Gasteiger partial charge in [0.05, 0.1) is 24.0 Å². The normalized spacial score (nSPS) is 22.2. The van der Waals surface area contributed by atoms with Crippen molar-refractivity contribution in [1.29, 1.82) is 0 Å². The Morgan fingerprint density at radius 3 is 2.60 bits per heavy atom. The van der Waals surface area contributed by atoms with Crippen LogP contribution in [0.2, 0.25) is 0 Å². The molecule has 0 bridgehead atoms. The number of ether oxygens (including phenoxy) is 1. The van der Waals surface area contributed by atoms with Crippen molar-refractivity contribution in [2.75, 3.05) is 20.2 Å². The van der Waals surface area contributed by atoms with Gasteiger partial charge in [0.2, 0.25) is 15.9 Å². The molecular formula is C23H28N2O4S. The van der Waals surface area contributed by atoms with Crippen LogP contribution in [0.25, 0.3) is 0 Å². The van der Waals surface area contributed by atoms with E-state index in [9.17, 15) is 13.2 Å². The molecule has 0 aromatic heterocycles. The molecule has 1 heterocycles. The van der Waals surface area contributed by atoms with Gasteiger partial charge in [-0.05, 0) is 67.5 Å². The van der Waals surface area contributed by atoms with E-state index in [1.54, 1.807) is 31.4 Å². The maximum Gasteiger partial charge on any atom is 0.243 e. The van der Waals surface area contributed by atoms with Gasteiger partial charge >= 0.3 is 0 Å². The first kappa shape index (κ1) is 20.9. The lowest BCUT2D eigenvalue weighted by Gasteiger charge is -2.33. The molecule has 1 aliphatic carbocycles. The first-order chi connectivity index (χ1) is 14.5. The van der Waals surface area contributed by atoms with Crippen LogP contribution in [-0.4, -0.2) is 38.8 Å². The van der Waals surface area contributed by atoms with Gasteiger partial charge in [0.25, 0.3) is 0 Å². The van der Waals surface area contributed by atoms with Gasteiger partial charge in [0.15, 0.2) is 0 Å². The molecule has 30 heavy (non-hydrogen) atoms. The lowest BCUT2D eigenvalue weighted by Crippen LogP contribution is -2.46. The van der Waals surface area contributed by atoms with Crippen molar-refractivity contribution >= 4 is 15.9 Å². The van der Waals surface area contributed by atoms with Gasteiger partial charge in [0.1, 0.15) is 5.75 Å². The first-order valence-electron chi connectivity index (χ1n) is 10.5. The van der Waals surface area contributed by atoms with Gasteiger partial charge in [-0.3, -0.25) is 4.79 Å². The van der Waals surface area contributed by atoms with Crippen LogP contribution >= 0.6 is 0 Å². The lowest BCUT2D eigenvalue weighted by atomic mass is 9.87. The van der Waals surface area contributed by atoms with Crippen molar-refractivity contribution in [3.05, 3.63) is 59.7 Å². The van der Waals surface area contributed by atoms with Gasteiger partial charge in [-0.25, -0.2) is 8.42 Å². The Hall–Kier alpha value is -2.38. The molecule has 2 aromatic carbocycles. The van der Waals surface area contributed by atoms with E-state index in [1.807, 2.05) is 12.1 Å². The molecule has 0 spiro atoms. The smallest absolute Gasteiger partial charge is 0.243 e. The first-order valence-corrected chi connectivity index (χ1v) is 12.0. The molecule has 1 fully saturated rings. The Morgan fingerprint density at radius 1 is 1.07 bits per heavy atom. The van der Waals surface area contributed by atoms with Crippen molar-refractivity contribution < 1.29 is 17.9 Å². The Bertz CT molecular complexity index is 1000. The number of carbonyl (C=O) groups is 1. The summed E-state index contributed by atoms with van der Waals surface area (Å²) in [6.07, 6.45) is 4.39. The molecule has 0 radical (unpaired) electrons. The van der Waals surface area contributed by atoms with Crippen molar-refractivity contribution in [2.24, 2.45) is 5.92 Å². The molecule has 2 aliphatic rings. The van der Waals surface area contributed by atoms with Gasteiger partial charge in [-0.15, -0.1) is 0 Å². The number of piperidine rings is 1. The van der Waals surface area contributed by atoms with Crippen LogP contribution in [0, 0.1) is 5.92 Å². The largest absolute Gasteiger partial charge is 0.497 e. The van der Waals surface area contributed by atoms with Crippen molar-refractivity contribution in [3.8, 4) is 5.75 Å². The highest BCUT2D eigenvalue weighted by Crippen LogP contribution is 2.31. The third kappa shape index (κ3) is 4.23. The molecule has 2 aromatic rings. The summed E-state index contributed by atoms with van der Waals surface area (Å²) in [6, 6.07) is 14.6. The summed E-state index contributed by atoms with van der Waals surface area (Å²) in [5, 5.41) is 3.19. The van der Waals surface area contributed by atoms with Crippen molar-refractivity contribution in [1.82, 2.24) is 9.62 Å². The molecule has 7 heteroatoms. The highest BCUT2D eigenvalue weighted by Gasteiger charge is 2.34. The van der Waals surface area contributed by atoms with Crippen LogP contribution < -0.4 is 10.1 Å². The van der Waals surface area contributed by atoms with Crippen LogP contribution in [0.4, 0.5) is 0 Å². The molecule has 0 saturated carbocycles. The van der Waals surface area contributed by atoms with E-state index in [1.165, 1.54) is 15.4 Å². The number of benzene rings is 2. The molecule has 160 valence electrons. The Kier molecular flexibility index (Phi) is 6.11. The number of nitrogens with one attached hydrogen (secondary N) is 1. The minimum atomic E-state index is -3.64. The molecule has 4 rings (SSSR count). The van der Waals surface area contributed by atoms with E-state index in [4.69, 9.17) is 4.74 Å². The molecule has 1 aliphatic heterocycles. The van der Waals surface area contributed by atoms with E-state index in [0.29, 0.717) is 25.1 Å². The predicted molar refractivity (Wildman–Crippen MR) is 115 cm³/mol. The van der Waals surface area contributed by atoms with Crippen LogP contribution in [0.5, 0.6) is 5.75 Å². The van der Waals surface area contributed by atoms with Gasteiger partial charge < -0.3 is 10.1 Å². The third-order valence-electron chi connectivity index (χ3n) is 6.14.